The van der Waals surface area contributed by atoms with Crippen LogP contribution in [0.4, 0.5) is 13.2 Å². The summed E-state index contributed by atoms with van der Waals surface area (Å²) in [6.07, 6.45) is -0.0302. The molecule has 0 amide bonds. The van der Waals surface area contributed by atoms with Crippen molar-refractivity contribution in [1.82, 2.24) is 9.88 Å². The molecule has 1 N–H and O–H groups in total. The van der Waals surface area contributed by atoms with Gasteiger partial charge >= 0.3 is 6.18 Å². The molecule has 0 radical (unpaired) electrons. The predicted molar refractivity (Wildman–Crippen MR) is 219 cm³/mol. The number of para-hydroxylation sites is 1. The highest BCUT2D eigenvalue weighted by Crippen LogP contribution is 2.37. The molecular weight excluding hydrogens is 690 g/mol. The third-order valence-electron chi connectivity index (χ3n) is 10.2. The van der Waals surface area contributed by atoms with E-state index in [0.717, 1.165) is 55.8 Å². The van der Waals surface area contributed by atoms with Gasteiger partial charge in [-0.3, -0.25) is 0 Å². The Morgan fingerprint density at radius 2 is 1.29 bits per heavy atom. The second-order valence-corrected chi connectivity index (χ2v) is 14.0. The van der Waals surface area contributed by atoms with Gasteiger partial charge in [0, 0.05) is 32.8 Å². The summed E-state index contributed by atoms with van der Waals surface area (Å²) >= 11 is 0. The van der Waals surface area contributed by atoms with Crippen LogP contribution in [-0.2, 0) is 0 Å². The highest BCUT2D eigenvalue weighted by atomic mass is 19.4. The Bertz CT molecular complexity index is 2890. The number of fused-ring (bicyclic) bond motifs is 3. The summed E-state index contributed by atoms with van der Waals surface area (Å²) in [4.78, 5) is 9.95. The van der Waals surface area contributed by atoms with E-state index in [1.165, 1.54) is 17.2 Å². The van der Waals surface area contributed by atoms with Crippen molar-refractivity contribution < 1.29 is 13.2 Å². The average molecular weight is 725 g/mol. The smallest absolute Gasteiger partial charge is 0.324 e. The topological polar surface area (TPSA) is 41.7 Å². The minimum atomic E-state index is -4.55. The Morgan fingerprint density at radius 1 is 0.600 bits per heavy atom. The van der Waals surface area contributed by atoms with Gasteiger partial charge in [0.2, 0.25) is 0 Å². The van der Waals surface area contributed by atoms with Crippen molar-refractivity contribution in [3.63, 3.8) is 0 Å². The lowest BCUT2D eigenvalue weighted by atomic mass is 9.94. The predicted octanol–water partition coefficient (Wildman–Crippen LogP) is 10.2. The maximum Gasteiger partial charge on any atom is 0.416 e. The second-order valence-electron chi connectivity index (χ2n) is 14.0. The summed E-state index contributed by atoms with van der Waals surface area (Å²) in [5.41, 5.74) is 8.57. The molecule has 9 rings (SSSR count). The summed E-state index contributed by atoms with van der Waals surface area (Å²) in [7, 11) is 0. The van der Waals surface area contributed by atoms with Crippen molar-refractivity contribution in [2.75, 3.05) is 0 Å². The fourth-order valence-corrected chi connectivity index (χ4v) is 7.77. The van der Waals surface area contributed by atoms with Crippen LogP contribution >= 0.6 is 0 Å². The number of aromatic nitrogens is 1. The molecule has 0 unspecified atom stereocenters. The van der Waals surface area contributed by atoms with Crippen LogP contribution in [0, 0.1) is 13.8 Å². The van der Waals surface area contributed by atoms with Crippen molar-refractivity contribution in [3.05, 3.63) is 196 Å². The van der Waals surface area contributed by atoms with Crippen molar-refractivity contribution in [2.24, 2.45) is 9.98 Å². The lowest BCUT2D eigenvalue weighted by molar-refractivity contribution is -0.0874. The van der Waals surface area contributed by atoms with E-state index >= 15 is 0 Å². The van der Waals surface area contributed by atoms with E-state index in [2.05, 4.69) is 72.3 Å². The fourth-order valence-electron chi connectivity index (χ4n) is 7.77. The van der Waals surface area contributed by atoms with E-state index in [9.17, 15) is 13.2 Å². The van der Waals surface area contributed by atoms with E-state index < -0.39 is 11.7 Å². The number of aryl methyl sites for hydroxylation is 2. The monoisotopic (exact) mass is 724 g/mol. The van der Waals surface area contributed by atoms with E-state index in [0.29, 0.717) is 27.9 Å². The van der Waals surface area contributed by atoms with Gasteiger partial charge in [-0.25, -0.2) is 9.98 Å². The van der Waals surface area contributed by atoms with Crippen LogP contribution in [-0.4, -0.2) is 22.4 Å². The largest absolute Gasteiger partial charge is 0.416 e. The lowest BCUT2D eigenvalue weighted by Gasteiger charge is -2.20. The molecule has 0 atom stereocenters. The Labute approximate surface area is 316 Å². The number of rotatable bonds is 4. The molecule has 268 valence electrons. The van der Waals surface area contributed by atoms with E-state index in [1.54, 1.807) is 6.08 Å². The first-order valence-electron chi connectivity index (χ1n) is 18.2. The zero-order chi connectivity index (χ0) is 37.7. The maximum atomic E-state index is 14.7. The van der Waals surface area contributed by atoms with Crippen LogP contribution in [0.25, 0.3) is 50.0 Å². The van der Waals surface area contributed by atoms with Gasteiger partial charge in [0.05, 0.1) is 16.6 Å². The van der Waals surface area contributed by atoms with Crippen molar-refractivity contribution in [1.29, 1.82) is 0 Å². The van der Waals surface area contributed by atoms with E-state index in [4.69, 9.17) is 9.98 Å². The summed E-state index contributed by atoms with van der Waals surface area (Å²) in [6, 6.07) is 46.3. The van der Waals surface area contributed by atoms with E-state index in [1.807, 2.05) is 91.0 Å². The first-order chi connectivity index (χ1) is 26.7. The Morgan fingerprint density at radius 3 is 2.04 bits per heavy atom. The summed E-state index contributed by atoms with van der Waals surface area (Å²) in [5.74, 6) is 1.42. The molecule has 4 nitrogen and oxygen atoms in total. The minimum Gasteiger partial charge on any atom is -0.324 e. The zero-order valence-electron chi connectivity index (χ0n) is 30.2. The van der Waals surface area contributed by atoms with Crippen molar-refractivity contribution >= 4 is 44.9 Å². The number of nitrogens with zero attached hydrogens (tertiary/aromatic N) is 3. The normalized spacial score (nSPS) is 16.5. The number of hydrogen-bond acceptors (Lipinski definition) is 3. The van der Waals surface area contributed by atoms with Crippen LogP contribution in [0.15, 0.2) is 173 Å². The van der Waals surface area contributed by atoms with Gasteiger partial charge in [0.15, 0.2) is 5.84 Å². The number of aliphatic imine (C=N–C) groups is 2. The Balaban J connectivity index is 1.35. The van der Waals surface area contributed by atoms with Crippen molar-refractivity contribution in [3.8, 4) is 16.8 Å². The number of benzene rings is 6. The highest BCUT2D eigenvalue weighted by molar-refractivity contribution is 6.16. The average Bonchev–Trinajstić information content (AvgIpc) is 3.54. The molecule has 2 aliphatic rings. The number of amidine groups is 2. The summed E-state index contributed by atoms with van der Waals surface area (Å²) in [5, 5.41) is 6.58. The Hall–Kier alpha value is -6.73. The van der Waals surface area contributed by atoms with Gasteiger partial charge in [0.1, 0.15) is 11.7 Å². The zero-order valence-corrected chi connectivity index (χ0v) is 30.2. The molecule has 0 saturated heterocycles. The quantitative estimate of drug-likeness (QED) is 0.193. The van der Waals surface area contributed by atoms with Crippen LogP contribution in [0.1, 0.15) is 28.7 Å². The molecule has 6 aromatic carbocycles. The summed E-state index contributed by atoms with van der Waals surface area (Å²) < 4.78 is 46.2. The molecule has 0 fully saturated rings. The van der Waals surface area contributed by atoms with Crippen molar-refractivity contribution in [2.45, 2.75) is 26.4 Å². The summed E-state index contributed by atoms with van der Waals surface area (Å²) in [6.45, 7) is 4.22. The fraction of sp³-hybridized carbons (Fsp3) is 0.0833. The van der Waals surface area contributed by atoms with Crippen LogP contribution in [0.2, 0.25) is 0 Å². The minimum absolute atomic E-state index is 0.121. The standard InChI is InChI=1S/C48H35F3N4/c1-30-25-31(2)27-35(26-30)34-21-24-44-40(28-34)39-18-10-12-20-43(39)55(44)36-22-23-37(38-17-9-11-19-42(38)48(49,50)51)41(29-36)47-53-45(32-13-5-3-6-14-32)52-46(54-47)33-15-7-4-8-16-33/h3-16,18-29H,17H2,1-2H3,(H,52,53,54). The lowest BCUT2D eigenvalue weighted by Crippen LogP contribution is -2.39. The maximum absolute atomic E-state index is 14.7. The van der Waals surface area contributed by atoms with E-state index in [-0.39, 0.29) is 12.0 Å². The molecule has 1 aliphatic carbocycles. The van der Waals surface area contributed by atoms with Gasteiger partial charge in [0.25, 0.3) is 0 Å². The number of nitrogens with one attached hydrogen (secondary N) is 1. The molecule has 1 aliphatic heterocycles. The van der Waals surface area contributed by atoms with Gasteiger partial charge in [-0.15, -0.1) is 0 Å². The number of hydrogen-bond donors (Lipinski definition) is 1. The highest BCUT2D eigenvalue weighted by Gasteiger charge is 2.36. The molecule has 2 heterocycles. The third kappa shape index (κ3) is 6.38. The number of allylic oxidation sites excluding steroid dienone is 4. The van der Waals surface area contributed by atoms with Gasteiger partial charge in [-0.1, -0.05) is 139 Å². The van der Waals surface area contributed by atoms with Crippen LogP contribution < -0.4 is 15.8 Å². The number of halogens is 3. The molecule has 0 spiro atoms. The first-order valence-corrected chi connectivity index (χ1v) is 18.2. The molecule has 7 aromatic rings. The van der Waals surface area contributed by atoms with Crippen LogP contribution in [0.3, 0.4) is 0 Å². The van der Waals surface area contributed by atoms with Gasteiger partial charge in [-0.2, -0.15) is 13.2 Å². The molecule has 0 saturated carbocycles. The molecule has 55 heavy (non-hydrogen) atoms. The van der Waals surface area contributed by atoms with Gasteiger partial charge in [-0.05, 0) is 72.5 Å². The second kappa shape index (κ2) is 13.6. The number of alkyl halides is 3. The SMILES string of the molecule is Cc1cc(C)cc(-c2ccc3c(c2)c2ccccc2n3-c2ccc(=C3CC=CC=C3C(F)(F)F)c(=C3N=C(c4ccccc4)N=C(c4ccccc4)N3)c2)c1. The molecule has 0 bridgehead atoms. The van der Waals surface area contributed by atoms with Crippen LogP contribution in [0.5, 0.6) is 0 Å². The first kappa shape index (κ1) is 34.1. The third-order valence-corrected chi connectivity index (χ3v) is 10.2. The molecule has 1 aromatic heterocycles. The molecule has 7 heteroatoms. The van der Waals surface area contributed by atoms with Gasteiger partial charge < -0.3 is 9.88 Å². The Kier molecular flexibility index (Phi) is 8.42. The molecular formula is C48H35F3N4.